The van der Waals surface area contributed by atoms with Crippen LogP contribution in [0.1, 0.15) is 0 Å². The number of rotatable bonds is 2. The number of hydrogen-bond acceptors (Lipinski definition) is 5. The van der Waals surface area contributed by atoms with Crippen molar-refractivity contribution in [1.29, 1.82) is 0 Å². The number of aromatic nitrogens is 3. The van der Waals surface area contributed by atoms with Gasteiger partial charge in [-0.05, 0) is 0 Å². The van der Waals surface area contributed by atoms with E-state index in [1.165, 1.54) is 28.4 Å². The molecule has 0 spiro atoms. The van der Waals surface area contributed by atoms with Gasteiger partial charge in [0, 0.05) is 29.4 Å². The van der Waals surface area contributed by atoms with Gasteiger partial charge in [0.25, 0.3) is 0 Å². The number of thiazole rings is 1. The Morgan fingerprint density at radius 3 is 2.85 bits per heavy atom. The molecule has 2 N–H and O–H groups in total. The van der Waals surface area contributed by atoms with Crippen LogP contribution in [0, 0.1) is 0 Å². The van der Waals surface area contributed by atoms with Crippen LogP contribution in [0.3, 0.4) is 0 Å². The second-order valence-electron chi connectivity index (χ2n) is 2.41. The molecule has 0 aliphatic rings. The first-order valence-corrected chi connectivity index (χ1v) is 4.46. The zero-order valence-electron chi connectivity index (χ0n) is 6.53. The molecule has 0 radical (unpaired) electrons. The predicted octanol–water partition coefficient (Wildman–Crippen LogP) is -0.991. The van der Waals surface area contributed by atoms with E-state index in [1.54, 1.807) is 6.20 Å². The molecule has 2 aromatic heterocycles. The van der Waals surface area contributed by atoms with Crippen LogP contribution in [0.15, 0.2) is 24.0 Å². The summed E-state index contributed by atoms with van der Waals surface area (Å²) in [5.74, 6) is 0. The molecular formula is C6H6BN3O2S. The van der Waals surface area contributed by atoms with E-state index in [0.29, 0.717) is 10.6 Å². The van der Waals surface area contributed by atoms with Crippen LogP contribution in [-0.2, 0) is 0 Å². The highest BCUT2D eigenvalue weighted by Crippen LogP contribution is 2.07. The second-order valence-corrected chi connectivity index (χ2v) is 3.28. The molecule has 2 aromatic rings. The summed E-state index contributed by atoms with van der Waals surface area (Å²) in [6, 6.07) is 0. The quantitative estimate of drug-likeness (QED) is 0.603. The molecule has 0 bridgehead atoms. The molecule has 0 saturated heterocycles. The summed E-state index contributed by atoms with van der Waals surface area (Å²) in [7, 11) is -1.48. The zero-order chi connectivity index (χ0) is 9.26. The predicted molar refractivity (Wildman–Crippen MR) is 49.1 cm³/mol. The van der Waals surface area contributed by atoms with E-state index in [0.717, 1.165) is 0 Å². The Morgan fingerprint density at radius 2 is 2.31 bits per heavy atom. The van der Waals surface area contributed by atoms with Gasteiger partial charge >= 0.3 is 7.12 Å². The van der Waals surface area contributed by atoms with Gasteiger partial charge in [0.2, 0.25) is 5.13 Å². The Balaban J connectivity index is 2.33. The largest absolute Gasteiger partial charge is 0.491 e. The van der Waals surface area contributed by atoms with E-state index in [4.69, 9.17) is 10.0 Å². The maximum Gasteiger partial charge on any atom is 0.491 e. The minimum Gasteiger partial charge on any atom is -0.423 e. The monoisotopic (exact) mass is 195 g/mol. The Bertz CT molecular complexity index is 386. The molecule has 0 saturated carbocycles. The van der Waals surface area contributed by atoms with Crippen LogP contribution in [0.25, 0.3) is 5.13 Å². The number of hydrogen-bond donors (Lipinski definition) is 2. The van der Waals surface area contributed by atoms with E-state index in [1.807, 2.05) is 5.38 Å². The summed E-state index contributed by atoms with van der Waals surface area (Å²) in [6.45, 7) is 0. The molecule has 66 valence electrons. The molecule has 0 aromatic carbocycles. The van der Waals surface area contributed by atoms with Gasteiger partial charge in [-0.2, -0.15) is 5.10 Å². The lowest BCUT2D eigenvalue weighted by molar-refractivity contribution is 0.426. The first-order chi connectivity index (χ1) is 6.27. The maximum absolute atomic E-state index is 8.82. The minimum absolute atomic E-state index is 0.357. The average Bonchev–Trinajstić information content (AvgIpc) is 2.75. The smallest absolute Gasteiger partial charge is 0.423 e. The average molecular weight is 195 g/mol. The fourth-order valence-corrected chi connectivity index (χ4v) is 1.48. The van der Waals surface area contributed by atoms with Gasteiger partial charge in [-0.1, -0.05) is 0 Å². The highest BCUT2D eigenvalue weighted by molar-refractivity contribution is 7.12. The summed E-state index contributed by atoms with van der Waals surface area (Å²) < 4.78 is 1.50. The van der Waals surface area contributed by atoms with Gasteiger partial charge in [-0.25, -0.2) is 9.67 Å². The highest BCUT2D eigenvalue weighted by atomic mass is 32.1. The van der Waals surface area contributed by atoms with Gasteiger partial charge in [-0.15, -0.1) is 11.3 Å². The van der Waals surface area contributed by atoms with E-state index in [2.05, 4.69) is 10.1 Å². The highest BCUT2D eigenvalue weighted by Gasteiger charge is 2.13. The molecule has 0 amide bonds. The van der Waals surface area contributed by atoms with Crippen molar-refractivity contribution in [2.45, 2.75) is 0 Å². The Morgan fingerprint density at radius 1 is 1.46 bits per heavy atom. The number of nitrogens with zero attached hydrogens (tertiary/aromatic N) is 3. The van der Waals surface area contributed by atoms with Gasteiger partial charge < -0.3 is 10.0 Å². The van der Waals surface area contributed by atoms with E-state index < -0.39 is 7.12 Å². The van der Waals surface area contributed by atoms with Crippen LogP contribution < -0.4 is 5.46 Å². The summed E-state index contributed by atoms with van der Waals surface area (Å²) >= 11 is 1.43. The fourth-order valence-electron chi connectivity index (χ4n) is 0.904. The molecular weight excluding hydrogens is 189 g/mol. The second kappa shape index (κ2) is 3.29. The molecule has 2 rings (SSSR count). The lowest BCUT2D eigenvalue weighted by Crippen LogP contribution is -2.28. The van der Waals surface area contributed by atoms with Gasteiger partial charge in [0.1, 0.15) is 0 Å². The SMILES string of the molecule is OB(O)c1cnn(-c2nccs2)c1. The normalized spacial score (nSPS) is 10.3. The van der Waals surface area contributed by atoms with Crippen LogP contribution in [0.5, 0.6) is 0 Å². The molecule has 0 fully saturated rings. The maximum atomic E-state index is 8.82. The fraction of sp³-hybridized carbons (Fsp3) is 0. The van der Waals surface area contributed by atoms with Crippen molar-refractivity contribution >= 4 is 23.9 Å². The van der Waals surface area contributed by atoms with Gasteiger partial charge in [0.05, 0.1) is 0 Å². The van der Waals surface area contributed by atoms with Crippen LogP contribution in [0.4, 0.5) is 0 Å². The van der Waals surface area contributed by atoms with Crippen LogP contribution in [0.2, 0.25) is 0 Å². The molecule has 7 heteroatoms. The first-order valence-electron chi connectivity index (χ1n) is 3.58. The molecule has 0 atom stereocenters. The van der Waals surface area contributed by atoms with Crippen LogP contribution in [-0.4, -0.2) is 31.9 Å². The van der Waals surface area contributed by atoms with Crippen molar-refractivity contribution in [2.24, 2.45) is 0 Å². The molecule has 0 aliphatic carbocycles. The van der Waals surface area contributed by atoms with Crippen molar-refractivity contribution in [3.8, 4) is 5.13 Å². The molecule has 2 heterocycles. The standard InChI is InChI=1S/C6H6BN3O2S/c11-7(12)5-3-9-10(4-5)6-8-1-2-13-6/h1-4,11-12H. The third kappa shape index (κ3) is 1.62. The molecule has 13 heavy (non-hydrogen) atoms. The lowest BCUT2D eigenvalue weighted by Gasteiger charge is -1.92. The van der Waals surface area contributed by atoms with Crippen LogP contribution >= 0.6 is 11.3 Å². The van der Waals surface area contributed by atoms with Gasteiger partial charge in [-0.3, -0.25) is 0 Å². The molecule has 0 aliphatic heterocycles. The van der Waals surface area contributed by atoms with E-state index in [9.17, 15) is 0 Å². The summed E-state index contributed by atoms with van der Waals surface area (Å²) in [5.41, 5.74) is 0.357. The third-order valence-electron chi connectivity index (χ3n) is 1.52. The summed E-state index contributed by atoms with van der Waals surface area (Å²) in [6.07, 6.45) is 4.59. The molecule has 0 unspecified atom stereocenters. The third-order valence-corrected chi connectivity index (χ3v) is 2.28. The topological polar surface area (TPSA) is 71.2 Å². The van der Waals surface area contributed by atoms with Crippen molar-refractivity contribution in [2.75, 3.05) is 0 Å². The lowest BCUT2D eigenvalue weighted by atomic mass is 9.83. The summed E-state index contributed by atoms with van der Waals surface area (Å²) in [4.78, 5) is 4.01. The van der Waals surface area contributed by atoms with Crippen molar-refractivity contribution in [1.82, 2.24) is 14.8 Å². The Labute approximate surface area is 78.4 Å². The van der Waals surface area contributed by atoms with Crippen molar-refractivity contribution in [3.63, 3.8) is 0 Å². The zero-order valence-corrected chi connectivity index (χ0v) is 7.35. The Hall–Kier alpha value is -1.18. The Kier molecular flexibility index (Phi) is 2.13. The van der Waals surface area contributed by atoms with E-state index in [-0.39, 0.29) is 0 Å². The van der Waals surface area contributed by atoms with Gasteiger partial charge in [0.15, 0.2) is 0 Å². The molecule has 5 nitrogen and oxygen atoms in total. The van der Waals surface area contributed by atoms with E-state index >= 15 is 0 Å². The summed E-state index contributed by atoms with van der Waals surface area (Å²) in [5, 5.41) is 24.1. The minimum atomic E-state index is -1.48. The first kappa shape index (κ1) is 8.42. The van der Waals surface area contributed by atoms with Crippen molar-refractivity contribution < 1.29 is 10.0 Å². The van der Waals surface area contributed by atoms with Crippen molar-refractivity contribution in [3.05, 3.63) is 24.0 Å².